The summed E-state index contributed by atoms with van der Waals surface area (Å²) in [5.74, 6) is 0.0749. The van der Waals surface area contributed by atoms with E-state index >= 15 is 0 Å². The molecule has 2 N–H and O–H groups in total. The van der Waals surface area contributed by atoms with Gasteiger partial charge in [-0.05, 0) is 63.6 Å². The number of hydrogen-bond donors (Lipinski definition) is 1. The van der Waals surface area contributed by atoms with Crippen LogP contribution in [0.15, 0.2) is 24.3 Å². The summed E-state index contributed by atoms with van der Waals surface area (Å²) in [6.45, 7) is 4.93. The lowest BCUT2D eigenvalue weighted by atomic mass is 10.1. The van der Waals surface area contributed by atoms with Crippen LogP contribution in [0, 0.1) is 6.92 Å². The SMILES string of the molecule is Cc1ccccc1-n1nc(C(=O)N2CCC(OCCCN)CC2)c2c1CCC2. The number of amides is 1. The molecule has 2 heterocycles. The molecule has 1 aromatic carbocycles. The molecule has 150 valence electrons. The van der Waals surface area contributed by atoms with E-state index in [0.717, 1.165) is 62.9 Å². The van der Waals surface area contributed by atoms with Crippen LogP contribution in [-0.4, -0.2) is 52.9 Å². The van der Waals surface area contributed by atoms with Crippen LogP contribution in [0.25, 0.3) is 5.69 Å². The second-order valence-corrected chi connectivity index (χ2v) is 7.83. The molecule has 0 unspecified atom stereocenters. The predicted molar refractivity (Wildman–Crippen MR) is 109 cm³/mol. The second kappa shape index (κ2) is 8.45. The van der Waals surface area contributed by atoms with E-state index in [-0.39, 0.29) is 12.0 Å². The first-order valence-electron chi connectivity index (χ1n) is 10.5. The van der Waals surface area contributed by atoms with Gasteiger partial charge in [-0.2, -0.15) is 5.10 Å². The van der Waals surface area contributed by atoms with E-state index in [2.05, 4.69) is 19.1 Å². The summed E-state index contributed by atoms with van der Waals surface area (Å²) >= 11 is 0. The van der Waals surface area contributed by atoms with Crippen molar-refractivity contribution < 1.29 is 9.53 Å². The number of nitrogens with zero attached hydrogens (tertiary/aromatic N) is 3. The Hall–Kier alpha value is -2.18. The Morgan fingerprint density at radius 2 is 2.04 bits per heavy atom. The highest BCUT2D eigenvalue weighted by Crippen LogP contribution is 2.30. The van der Waals surface area contributed by atoms with Crippen molar-refractivity contribution in [2.75, 3.05) is 26.2 Å². The topological polar surface area (TPSA) is 73.4 Å². The molecule has 28 heavy (non-hydrogen) atoms. The largest absolute Gasteiger partial charge is 0.378 e. The molecular formula is C22H30N4O2. The van der Waals surface area contributed by atoms with Crippen molar-refractivity contribution in [3.05, 3.63) is 46.8 Å². The molecule has 6 heteroatoms. The third-order valence-corrected chi connectivity index (χ3v) is 5.91. The Morgan fingerprint density at radius 3 is 2.79 bits per heavy atom. The standard InChI is InChI=1S/C22H30N4O2/c1-16-6-2-3-8-19(16)26-20-9-4-7-18(20)21(24-26)22(27)25-13-10-17(11-14-25)28-15-5-12-23/h2-3,6,8,17H,4-5,7,9-15,23H2,1H3. The molecule has 1 aromatic heterocycles. The molecule has 0 radical (unpaired) electrons. The highest BCUT2D eigenvalue weighted by atomic mass is 16.5. The maximum atomic E-state index is 13.2. The third-order valence-electron chi connectivity index (χ3n) is 5.91. The van der Waals surface area contributed by atoms with Crippen LogP contribution in [0.1, 0.15) is 53.0 Å². The average Bonchev–Trinajstić information content (AvgIpc) is 3.32. The van der Waals surface area contributed by atoms with E-state index in [1.807, 2.05) is 21.7 Å². The fraction of sp³-hybridized carbons (Fsp3) is 0.545. The summed E-state index contributed by atoms with van der Waals surface area (Å²) in [6.07, 6.45) is 5.93. The summed E-state index contributed by atoms with van der Waals surface area (Å²) in [4.78, 5) is 15.2. The number of aromatic nitrogens is 2. The predicted octanol–water partition coefficient (Wildman–Crippen LogP) is 2.64. The van der Waals surface area contributed by atoms with Crippen LogP contribution in [0.2, 0.25) is 0 Å². The van der Waals surface area contributed by atoms with Crippen molar-refractivity contribution in [1.29, 1.82) is 0 Å². The smallest absolute Gasteiger partial charge is 0.274 e. The van der Waals surface area contributed by atoms with Gasteiger partial charge in [0.1, 0.15) is 0 Å². The minimum absolute atomic E-state index is 0.0749. The summed E-state index contributed by atoms with van der Waals surface area (Å²) in [5, 5.41) is 4.80. The van der Waals surface area contributed by atoms with E-state index < -0.39 is 0 Å². The first-order valence-corrected chi connectivity index (χ1v) is 10.5. The van der Waals surface area contributed by atoms with E-state index in [9.17, 15) is 4.79 Å². The van der Waals surface area contributed by atoms with E-state index in [0.29, 0.717) is 18.8 Å². The molecule has 2 aliphatic rings. The lowest BCUT2D eigenvalue weighted by molar-refractivity contribution is 0.00825. The van der Waals surface area contributed by atoms with Crippen LogP contribution < -0.4 is 5.73 Å². The van der Waals surface area contributed by atoms with Crippen molar-refractivity contribution in [1.82, 2.24) is 14.7 Å². The van der Waals surface area contributed by atoms with Gasteiger partial charge in [-0.25, -0.2) is 4.68 Å². The number of carbonyl (C=O) groups excluding carboxylic acids is 1. The molecule has 0 saturated carbocycles. The molecule has 1 amide bonds. The number of rotatable bonds is 6. The first-order chi connectivity index (χ1) is 13.7. The molecule has 4 rings (SSSR count). The zero-order valence-electron chi connectivity index (χ0n) is 16.7. The number of carbonyl (C=O) groups is 1. The number of hydrogen-bond acceptors (Lipinski definition) is 4. The average molecular weight is 383 g/mol. The van der Waals surface area contributed by atoms with Gasteiger partial charge in [0.15, 0.2) is 5.69 Å². The van der Waals surface area contributed by atoms with E-state index in [1.165, 1.54) is 11.3 Å². The highest BCUT2D eigenvalue weighted by Gasteiger charge is 2.31. The van der Waals surface area contributed by atoms with Crippen LogP contribution in [0.3, 0.4) is 0 Å². The minimum Gasteiger partial charge on any atom is -0.378 e. The number of fused-ring (bicyclic) bond motifs is 1. The fourth-order valence-electron chi connectivity index (χ4n) is 4.32. The van der Waals surface area contributed by atoms with E-state index in [4.69, 9.17) is 15.6 Å². The fourth-order valence-corrected chi connectivity index (χ4v) is 4.32. The first kappa shape index (κ1) is 19.2. The minimum atomic E-state index is 0.0749. The van der Waals surface area contributed by atoms with Crippen molar-refractivity contribution >= 4 is 5.91 Å². The number of likely N-dealkylation sites (tertiary alicyclic amines) is 1. The molecule has 1 aliphatic carbocycles. The summed E-state index contributed by atoms with van der Waals surface area (Å²) in [5.41, 5.74) is 10.8. The molecule has 1 fully saturated rings. The molecule has 0 spiro atoms. The number of ether oxygens (including phenoxy) is 1. The van der Waals surface area contributed by atoms with Crippen molar-refractivity contribution in [3.63, 3.8) is 0 Å². The Morgan fingerprint density at radius 1 is 1.25 bits per heavy atom. The van der Waals surface area contributed by atoms with E-state index in [1.54, 1.807) is 0 Å². The third kappa shape index (κ3) is 3.71. The van der Waals surface area contributed by atoms with Crippen LogP contribution in [0.4, 0.5) is 0 Å². The zero-order valence-corrected chi connectivity index (χ0v) is 16.7. The van der Waals surface area contributed by atoms with Gasteiger partial charge in [-0.1, -0.05) is 18.2 Å². The molecule has 0 atom stereocenters. The summed E-state index contributed by atoms with van der Waals surface area (Å²) in [6, 6.07) is 8.24. The maximum absolute atomic E-state index is 13.2. The Bertz CT molecular complexity index is 837. The molecule has 1 aliphatic heterocycles. The molecule has 0 bridgehead atoms. The quantitative estimate of drug-likeness (QED) is 0.780. The molecule has 2 aromatic rings. The number of nitrogens with two attached hydrogens (primary N) is 1. The van der Waals surface area contributed by atoms with Crippen molar-refractivity contribution in [2.24, 2.45) is 5.73 Å². The Kier molecular flexibility index (Phi) is 5.78. The normalized spacial score (nSPS) is 17.1. The van der Waals surface area contributed by atoms with Crippen LogP contribution >= 0.6 is 0 Å². The number of para-hydroxylation sites is 1. The summed E-state index contributed by atoms with van der Waals surface area (Å²) in [7, 11) is 0. The lowest BCUT2D eigenvalue weighted by Gasteiger charge is -2.31. The van der Waals surface area contributed by atoms with Gasteiger partial charge in [0.25, 0.3) is 5.91 Å². The number of aryl methyl sites for hydroxylation is 1. The maximum Gasteiger partial charge on any atom is 0.274 e. The molecule has 1 saturated heterocycles. The van der Waals surface area contributed by atoms with Gasteiger partial charge in [0.05, 0.1) is 11.8 Å². The monoisotopic (exact) mass is 382 g/mol. The summed E-state index contributed by atoms with van der Waals surface area (Å²) < 4.78 is 7.88. The van der Waals surface area contributed by atoms with Gasteiger partial charge >= 0.3 is 0 Å². The Balaban J connectivity index is 1.50. The lowest BCUT2D eigenvalue weighted by Crippen LogP contribution is -2.41. The van der Waals surface area contributed by atoms with Gasteiger partial charge in [0, 0.05) is 31.0 Å². The van der Waals surface area contributed by atoms with Crippen LogP contribution in [0.5, 0.6) is 0 Å². The zero-order chi connectivity index (χ0) is 19.5. The van der Waals surface area contributed by atoms with Crippen molar-refractivity contribution in [3.8, 4) is 5.69 Å². The molecular weight excluding hydrogens is 352 g/mol. The van der Waals surface area contributed by atoms with Crippen LogP contribution in [-0.2, 0) is 17.6 Å². The van der Waals surface area contributed by atoms with Gasteiger partial charge < -0.3 is 15.4 Å². The Labute approximate surface area is 166 Å². The second-order valence-electron chi connectivity index (χ2n) is 7.83. The molecule has 6 nitrogen and oxygen atoms in total. The number of piperidine rings is 1. The van der Waals surface area contributed by atoms with Gasteiger partial charge in [-0.15, -0.1) is 0 Å². The van der Waals surface area contributed by atoms with Gasteiger partial charge in [-0.3, -0.25) is 4.79 Å². The number of benzene rings is 1. The highest BCUT2D eigenvalue weighted by molar-refractivity contribution is 5.94. The van der Waals surface area contributed by atoms with Crippen molar-refractivity contribution in [2.45, 2.75) is 51.6 Å². The van der Waals surface area contributed by atoms with Gasteiger partial charge in [0.2, 0.25) is 0 Å².